The molecule has 0 amide bonds. The van der Waals surface area contributed by atoms with E-state index in [4.69, 9.17) is 14.8 Å². The molecule has 0 aromatic carbocycles. The predicted molar refractivity (Wildman–Crippen MR) is 114 cm³/mol. The van der Waals surface area contributed by atoms with Crippen molar-refractivity contribution in [3.63, 3.8) is 0 Å². The van der Waals surface area contributed by atoms with Crippen molar-refractivity contribution in [2.24, 2.45) is 7.05 Å². The zero-order valence-corrected chi connectivity index (χ0v) is 18.1. The van der Waals surface area contributed by atoms with E-state index in [0.29, 0.717) is 11.8 Å². The van der Waals surface area contributed by atoms with E-state index in [0.717, 1.165) is 40.7 Å². The van der Waals surface area contributed by atoms with Crippen LogP contribution in [0.5, 0.6) is 5.88 Å². The molecule has 0 aliphatic heterocycles. The van der Waals surface area contributed by atoms with E-state index >= 15 is 0 Å². The summed E-state index contributed by atoms with van der Waals surface area (Å²) in [6, 6.07) is 6.31. The number of fused-ring (bicyclic) bond motifs is 1. The maximum atomic E-state index is 7.00. The highest BCUT2D eigenvalue weighted by atomic mass is 16.5. The fraction of sp³-hybridized carbons (Fsp3) is 0.455. The molecule has 0 radical (unpaired) electrons. The lowest BCUT2D eigenvalue weighted by Gasteiger charge is -2.13. The van der Waals surface area contributed by atoms with Crippen LogP contribution >= 0.6 is 0 Å². The second-order valence-corrected chi connectivity index (χ2v) is 6.39. The molecular formula is C22H33N3O2. The van der Waals surface area contributed by atoms with Crippen molar-refractivity contribution in [1.82, 2.24) is 14.5 Å². The van der Waals surface area contributed by atoms with Gasteiger partial charge >= 0.3 is 0 Å². The molecule has 0 saturated carbocycles. The largest absolute Gasteiger partial charge is 0.480 e. The average Bonchev–Trinajstić information content (AvgIpc) is 2.96. The number of aromatic nitrogens is 3. The Morgan fingerprint density at radius 3 is 2.22 bits per heavy atom. The van der Waals surface area contributed by atoms with Gasteiger partial charge < -0.3 is 14.4 Å². The summed E-state index contributed by atoms with van der Waals surface area (Å²) in [6.45, 7) is 12.4. The summed E-state index contributed by atoms with van der Waals surface area (Å²) < 4.78 is 7.65. The van der Waals surface area contributed by atoms with E-state index < -0.39 is 0 Å². The van der Waals surface area contributed by atoms with Gasteiger partial charge in [0.2, 0.25) is 5.88 Å². The highest BCUT2D eigenvalue weighted by Crippen LogP contribution is 2.33. The van der Waals surface area contributed by atoms with Crippen molar-refractivity contribution in [1.29, 1.82) is 0 Å². The Hall–Kier alpha value is -2.40. The van der Waals surface area contributed by atoms with Crippen molar-refractivity contribution in [2.75, 3.05) is 14.2 Å². The molecule has 0 spiro atoms. The minimum Gasteiger partial charge on any atom is -0.480 e. The number of methoxy groups -OCH3 is 1. The molecule has 0 unspecified atom stereocenters. The molecule has 148 valence electrons. The highest BCUT2D eigenvalue weighted by molar-refractivity contribution is 5.84. The monoisotopic (exact) mass is 371 g/mol. The summed E-state index contributed by atoms with van der Waals surface area (Å²) in [5, 5.41) is 7.00. The second-order valence-electron chi connectivity index (χ2n) is 6.39. The number of rotatable bonds is 3. The van der Waals surface area contributed by atoms with Gasteiger partial charge in [-0.25, -0.2) is 9.97 Å². The van der Waals surface area contributed by atoms with Crippen LogP contribution in [0.1, 0.15) is 50.4 Å². The molecule has 27 heavy (non-hydrogen) atoms. The van der Waals surface area contributed by atoms with Crippen LogP contribution in [0.3, 0.4) is 0 Å². The molecule has 3 rings (SSSR count). The summed E-state index contributed by atoms with van der Waals surface area (Å²) in [7, 11) is 4.72. The predicted octanol–water partition coefficient (Wildman–Crippen LogP) is 5.02. The molecule has 0 aliphatic rings. The number of nitrogens with zero attached hydrogens (tertiary/aromatic N) is 3. The van der Waals surface area contributed by atoms with Crippen LogP contribution < -0.4 is 4.74 Å². The zero-order chi connectivity index (χ0) is 20.7. The SMILES string of the molecule is CC.CO.COc1nc(C(C)C)ccc1-c1nc2c(C)cn(C)c2cc1C. The fourth-order valence-corrected chi connectivity index (χ4v) is 2.96. The van der Waals surface area contributed by atoms with Crippen LogP contribution in [0.15, 0.2) is 24.4 Å². The van der Waals surface area contributed by atoms with E-state index in [1.165, 1.54) is 5.56 Å². The van der Waals surface area contributed by atoms with Gasteiger partial charge in [-0.2, -0.15) is 0 Å². The van der Waals surface area contributed by atoms with Gasteiger partial charge in [-0.15, -0.1) is 0 Å². The van der Waals surface area contributed by atoms with E-state index in [2.05, 4.69) is 68.7 Å². The minimum absolute atomic E-state index is 0.367. The highest BCUT2D eigenvalue weighted by Gasteiger charge is 2.16. The van der Waals surface area contributed by atoms with E-state index in [-0.39, 0.29) is 0 Å². The van der Waals surface area contributed by atoms with Gasteiger partial charge in [-0.05, 0) is 49.1 Å². The van der Waals surface area contributed by atoms with Gasteiger partial charge in [0, 0.05) is 26.0 Å². The molecule has 3 aromatic heterocycles. The zero-order valence-electron chi connectivity index (χ0n) is 18.1. The Kier molecular flexibility index (Phi) is 8.44. The molecule has 0 aliphatic carbocycles. The first-order valence-electron chi connectivity index (χ1n) is 9.35. The molecule has 3 heterocycles. The Balaban J connectivity index is 0.000000855. The normalized spacial score (nSPS) is 10.2. The first-order chi connectivity index (χ1) is 12.9. The first kappa shape index (κ1) is 22.6. The number of aryl methyl sites for hydroxylation is 3. The third-order valence-electron chi connectivity index (χ3n) is 4.26. The number of hydrogen-bond donors (Lipinski definition) is 1. The smallest absolute Gasteiger partial charge is 0.222 e. The van der Waals surface area contributed by atoms with E-state index in [9.17, 15) is 0 Å². The van der Waals surface area contributed by atoms with Gasteiger partial charge in [0.05, 0.1) is 29.4 Å². The fourth-order valence-electron chi connectivity index (χ4n) is 2.96. The maximum Gasteiger partial charge on any atom is 0.222 e. The molecule has 5 nitrogen and oxygen atoms in total. The number of hydrogen-bond acceptors (Lipinski definition) is 4. The van der Waals surface area contributed by atoms with Crippen LogP contribution in [0.2, 0.25) is 0 Å². The Morgan fingerprint density at radius 1 is 1.04 bits per heavy atom. The van der Waals surface area contributed by atoms with Crippen LogP contribution in [0, 0.1) is 13.8 Å². The molecule has 0 bridgehead atoms. The lowest BCUT2D eigenvalue weighted by atomic mass is 10.0. The molecule has 0 fully saturated rings. The molecule has 3 aromatic rings. The number of pyridine rings is 2. The third kappa shape index (κ3) is 4.66. The van der Waals surface area contributed by atoms with E-state index in [1.807, 2.05) is 13.8 Å². The number of ether oxygens (including phenoxy) is 1. The van der Waals surface area contributed by atoms with Gasteiger partial charge in [0.25, 0.3) is 0 Å². The topological polar surface area (TPSA) is 60.2 Å². The second kappa shape index (κ2) is 10.1. The number of aliphatic hydroxyl groups excluding tert-OH is 1. The average molecular weight is 372 g/mol. The Labute approximate surface area is 163 Å². The van der Waals surface area contributed by atoms with Crippen molar-refractivity contribution < 1.29 is 9.84 Å². The van der Waals surface area contributed by atoms with Gasteiger partial charge in [-0.3, -0.25) is 0 Å². The lowest BCUT2D eigenvalue weighted by Crippen LogP contribution is -2.00. The molecule has 1 N–H and O–H groups in total. The molecule has 5 heteroatoms. The Bertz CT molecular complexity index is 883. The summed E-state index contributed by atoms with van der Waals surface area (Å²) in [5.74, 6) is 1.01. The van der Waals surface area contributed by atoms with Crippen LogP contribution in [0.25, 0.3) is 22.3 Å². The van der Waals surface area contributed by atoms with Crippen molar-refractivity contribution in [3.8, 4) is 17.1 Å². The summed E-state index contributed by atoms with van der Waals surface area (Å²) in [6.07, 6.45) is 2.11. The van der Waals surface area contributed by atoms with Crippen molar-refractivity contribution >= 4 is 11.0 Å². The van der Waals surface area contributed by atoms with Crippen LogP contribution in [-0.2, 0) is 7.05 Å². The van der Waals surface area contributed by atoms with Crippen molar-refractivity contribution in [2.45, 2.75) is 47.5 Å². The lowest BCUT2D eigenvalue weighted by molar-refractivity contribution is 0.397. The number of aliphatic hydroxyl groups is 1. The van der Waals surface area contributed by atoms with Gasteiger partial charge in [0.15, 0.2) is 0 Å². The quantitative estimate of drug-likeness (QED) is 0.702. The summed E-state index contributed by atoms with van der Waals surface area (Å²) in [4.78, 5) is 9.56. The third-order valence-corrected chi connectivity index (χ3v) is 4.26. The van der Waals surface area contributed by atoms with E-state index in [1.54, 1.807) is 7.11 Å². The summed E-state index contributed by atoms with van der Waals surface area (Å²) in [5.41, 5.74) is 7.38. The maximum absolute atomic E-state index is 7.00. The Morgan fingerprint density at radius 2 is 1.67 bits per heavy atom. The molecule has 0 saturated heterocycles. The van der Waals surface area contributed by atoms with Crippen LogP contribution in [-0.4, -0.2) is 33.9 Å². The molecular weight excluding hydrogens is 338 g/mol. The molecule has 0 atom stereocenters. The standard InChI is InChI=1S/C19H23N3O.C2H6.CH4O/c1-11(2)15-8-7-14(19(20-15)23-6)17-12(3)9-16-18(21-17)13(4)10-22(16)5;2*1-2/h7-11H,1-6H3;1-2H3;2H,1H3. The van der Waals surface area contributed by atoms with Crippen LogP contribution in [0.4, 0.5) is 0 Å². The summed E-state index contributed by atoms with van der Waals surface area (Å²) >= 11 is 0. The van der Waals surface area contributed by atoms with Gasteiger partial charge in [0.1, 0.15) is 0 Å². The van der Waals surface area contributed by atoms with Gasteiger partial charge in [-0.1, -0.05) is 27.7 Å². The minimum atomic E-state index is 0.367. The first-order valence-corrected chi connectivity index (χ1v) is 9.35. The van der Waals surface area contributed by atoms with Crippen molar-refractivity contribution in [3.05, 3.63) is 41.2 Å².